The van der Waals surface area contributed by atoms with Gasteiger partial charge in [0, 0.05) is 25.5 Å². The van der Waals surface area contributed by atoms with Crippen LogP contribution in [0.5, 0.6) is 5.75 Å². The van der Waals surface area contributed by atoms with Gasteiger partial charge in [0.25, 0.3) is 0 Å². The van der Waals surface area contributed by atoms with Gasteiger partial charge < -0.3 is 30.4 Å². The number of nitrogens with one attached hydrogen (secondary N) is 2. The Kier molecular flexibility index (Phi) is 6.97. The van der Waals surface area contributed by atoms with Crippen LogP contribution in [0.1, 0.15) is 24.1 Å². The quantitative estimate of drug-likeness (QED) is 0.137. The number of guanidine groups is 1. The van der Waals surface area contributed by atoms with E-state index in [0.29, 0.717) is 23.5 Å². The Morgan fingerprint density at radius 2 is 2.00 bits per heavy atom. The molecule has 3 rings (SSSR count). The number of aliphatic imine (C=N–C) groups is 1. The van der Waals surface area contributed by atoms with E-state index in [1.165, 1.54) is 14.2 Å². The second-order valence-corrected chi connectivity index (χ2v) is 7.34. The maximum atomic E-state index is 11.3. The number of aliphatic hydroxyl groups is 1. The van der Waals surface area contributed by atoms with E-state index in [1.807, 2.05) is 36.5 Å². The van der Waals surface area contributed by atoms with Gasteiger partial charge in [0.1, 0.15) is 11.9 Å². The number of rotatable bonds is 6. The third kappa shape index (κ3) is 4.72. The van der Waals surface area contributed by atoms with E-state index in [9.17, 15) is 10.4 Å². The molecule has 0 bridgehead atoms. The smallest absolute Gasteiger partial charge is 0.205 e. The molecule has 0 radical (unpaired) electrons. The summed E-state index contributed by atoms with van der Waals surface area (Å²) in [7, 11) is 2.95. The summed E-state index contributed by atoms with van der Waals surface area (Å²) < 4.78 is 16.9. The summed E-state index contributed by atoms with van der Waals surface area (Å²) in [4.78, 5) is 4.47. The molecule has 2 aromatic rings. The summed E-state index contributed by atoms with van der Waals surface area (Å²) in [6.45, 7) is 2.04. The Balaban J connectivity index is 1.97. The molecule has 0 spiro atoms. The van der Waals surface area contributed by atoms with Crippen LogP contribution < -0.4 is 21.1 Å². The van der Waals surface area contributed by atoms with Crippen molar-refractivity contribution in [1.82, 2.24) is 10.6 Å². The molecular weight excluding hydrogens is 398 g/mol. The van der Waals surface area contributed by atoms with Crippen LogP contribution >= 0.6 is 0 Å². The highest BCUT2D eigenvalue weighted by Crippen LogP contribution is 2.43. The molecule has 1 aliphatic heterocycles. The van der Waals surface area contributed by atoms with E-state index >= 15 is 0 Å². The first kappa shape index (κ1) is 22.4. The zero-order valence-electron chi connectivity index (χ0n) is 17.7. The molecule has 2 aromatic carbocycles. The number of hydrogen-bond acceptors (Lipinski definition) is 7. The zero-order valence-corrected chi connectivity index (χ0v) is 17.7. The number of nitriles is 1. The minimum absolute atomic E-state index is 0.208. The van der Waals surface area contributed by atoms with Gasteiger partial charge in [-0.25, -0.2) is 4.99 Å². The molecule has 1 aliphatic rings. The molecular formula is C22H27N5O4. The highest BCUT2D eigenvalue weighted by molar-refractivity contribution is 5.82. The molecule has 0 saturated carbocycles. The number of nitrogens with two attached hydrogens (primary N) is 1. The normalized spacial score (nSPS) is 22.9. The zero-order chi connectivity index (χ0) is 22.4. The third-order valence-corrected chi connectivity index (χ3v) is 5.23. The van der Waals surface area contributed by atoms with Crippen LogP contribution in [0.15, 0.2) is 53.5 Å². The van der Waals surface area contributed by atoms with E-state index < -0.39 is 24.0 Å². The maximum Gasteiger partial charge on any atom is 0.205 e. The van der Waals surface area contributed by atoms with E-state index in [4.69, 9.17) is 19.9 Å². The predicted molar refractivity (Wildman–Crippen MR) is 116 cm³/mol. The number of nitrogen functional groups attached to an aromatic ring is 1. The summed E-state index contributed by atoms with van der Waals surface area (Å²) in [5, 5.41) is 26.2. The fraction of sp³-hybridized carbons (Fsp3) is 0.364. The fourth-order valence-corrected chi connectivity index (χ4v) is 3.68. The van der Waals surface area contributed by atoms with Gasteiger partial charge in [-0.2, -0.15) is 5.26 Å². The largest absolute Gasteiger partial charge is 0.479 e. The molecule has 0 fully saturated rings. The van der Waals surface area contributed by atoms with E-state index in [2.05, 4.69) is 15.6 Å². The molecule has 0 saturated heterocycles. The van der Waals surface area contributed by atoms with Crippen molar-refractivity contribution in [2.24, 2.45) is 4.99 Å². The lowest BCUT2D eigenvalue weighted by Crippen LogP contribution is -2.62. The molecule has 9 heteroatoms. The topological polar surface area (TPSA) is 134 Å². The Bertz CT molecular complexity index is 958. The van der Waals surface area contributed by atoms with Crippen LogP contribution in [0.25, 0.3) is 0 Å². The number of methoxy groups -OCH3 is 2. The molecule has 0 aliphatic carbocycles. The SMILES string of the molecule is COC(OC)[C@@]1(C)Oc2ccc(N)cc2C(NC(=NCc2ccccc2)NC#N)[C@@H]1O. The standard InChI is InChI=1S/C22H27N5O4/c1-22(20(29-2)30-3)19(28)18(16-11-15(24)9-10-17(16)31-22)27-21(26-13-23)25-12-14-7-5-4-6-8-14/h4-11,18-20,28H,12,24H2,1-3H3,(H2,25,26,27)/t18?,19-,22-/m0/s1. The van der Waals surface area contributed by atoms with Crippen molar-refractivity contribution in [1.29, 1.82) is 5.26 Å². The number of ether oxygens (including phenoxy) is 3. The highest BCUT2D eigenvalue weighted by Gasteiger charge is 2.52. The lowest BCUT2D eigenvalue weighted by atomic mass is 9.84. The van der Waals surface area contributed by atoms with Crippen LogP contribution in [0.4, 0.5) is 5.69 Å². The minimum atomic E-state index is -1.25. The van der Waals surface area contributed by atoms with Gasteiger partial charge in [-0.3, -0.25) is 5.32 Å². The van der Waals surface area contributed by atoms with Gasteiger partial charge >= 0.3 is 0 Å². The maximum absolute atomic E-state index is 11.3. The van der Waals surface area contributed by atoms with Crippen molar-refractivity contribution in [2.75, 3.05) is 20.0 Å². The van der Waals surface area contributed by atoms with Crippen molar-refractivity contribution >= 4 is 11.6 Å². The lowest BCUT2D eigenvalue weighted by Gasteiger charge is -2.46. The number of hydrogen-bond donors (Lipinski definition) is 4. The summed E-state index contributed by atoms with van der Waals surface area (Å²) >= 11 is 0. The number of anilines is 1. The average molecular weight is 425 g/mol. The molecule has 5 N–H and O–H groups in total. The van der Waals surface area contributed by atoms with Gasteiger partial charge in [0.2, 0.25) is 5.96 Å². The van der Waals surface area contributed by atoms with Crippen molar-refractivity contribution < 1.29 is 19.3 Å². The van der Waals surface area contributed by atoms with Gasteiger partial charge in [0.15, 0.2) is 18.1 Å². The van der Waals surface area contributed by atoms with Crippen LogP contribution in [-0.2, 0) is 16.0 Å². The molecule has 9 nitrogen and oxygen atoms in total. The number of aliphatic hydroxyl groups excluding tert-OH is 1. The molecule has 31 heavy (non-hydrogen) atoms. The van der Waals surface area contributed by atoms with Crippen LogP contribution in [0.3, 0.4) is 0 Å². The van der Waals surface area contributed by atoms with Gasteiger partial charge in [-0.05, 0) is 30.7 Å². The Morgan fingerprint density at radius 1 is 1.29 bits per heavy atom. The summed E-state index contributed by atoms with van der Waals surface area (Å²) in [6.07, 6.45) is -0.106. The fourth-order valence-electron chi connectivity index (χ4n) is 3.68. The van der Waals surface area contributed by atoms with E-state index in [0.717, 1.165) is 5.56 Å². The summed E-state index contributed by atoms with van der Waals surface area (Å²) in [5.74, 6) is 0.720. The Morgan fingerprint density at radius 3 is 2.65 bits per heavy atom. The van der Waals surface area contributed by atoms with Crippen molar-refractivity contribution in [3.63, 3.8) is 0 Å². The molecule has 1 heterocycles. The summed E-state index contributed by atoms with van der Waals surface area (Å²) in [6, 6.07) is 14.1. The van der Waals surface area contributed by atoms with Gasteiger partial charge in [0.05, 0.1) is 12.6 Å². The average Bonchev–Trinajstić information content (AvgIpc) is 2.77. The molecule has 1 unspecified atom stereocenters. The number of nitrogens with zero attached hydrogens (tertiary/aromatic N) is 2. The van der Waals surface area contributed by atoms with Gasteiger partial charge in [-0.15, -0.1) is 0 Å². The van der Waals surface area contributed by atoms with E-state index in [1.54, 1.807) is 25.1 Å². The monoisotopic (exact) mass is 425 g/mol. The van der Waals surface area contributed by atoms with Crippen molar-refractivity contribution in [3.8, 4) is 11.9 Å². The van der Waals surface area contributed by atoms with Crippen LogP contribution in [0.2, 0.25) is 0 Å². The number of benzene rings is 2. The second kappa shape index (κ2) is 9.66. The molecule has 3 atom stereocenters. The van der Waals surface area contributed by atoms with E-state index in [-0.39, 0.29) is 5.96 Å². The van der Waals surface area contributed by atoms with Crippen LogP contribution in [0, 0.1) is 11.5 Å². The van der Waals surface area contributed by atoms with Crippen LogP contribution in [-0.4, -0.2) is 43.3 Å². The molecule has 0 amide bonds. The first-order valence-corrected chi connectivity index (χ1v) is 9.75. The highest BCUT2D eigenvalue weighted by atomic mass is 16.7. The molecule has 164 valence electrons. The summed E-state index contributed by atoms with van der Waals surface area (Å²) in [5.41, 5.74) is 6.84. The van der Waals surface area contributed by atoms with Crippen molar-refractivity contribution in [2.45, 2.75) is 37.5 Å². The minimum Gasteiger partial charge on any atom is -0.479 e. The third-order valence-electron chi connectivity index (χ3n) is 5.23. The predicted octanol–water partition coefficient (Wildman–Crippen LogP) is 1.66. The lowest BCUT2D eigenvalue weighted by molar-refractivity contribution is -0.238. The van der Waals surface area contributed by atoms with Gasteiger partial charge in [-0.1, -0.05) is 30.3 Å². The first-order chi connectivity index (χ1) is 14.9. The second-order valence-electron chi connectivity index (χ2n) is 7.34. The van der Waals surface area contributed by atoms with Crippen molar-refractivity contribution in [3.05, 3.63) is 59.7 Å². The number of fused-ring (bicyclic) bond motifs is 1. The first-order valence-electron chi connectivity index (χ1n) is 9.75. The molecule has 0 aromatic heterocycles. The Hall–Kier alpha value is -3.32. The Labute approximate surface area is 181 Å².